The Balaban J connectivity index is 2.18. The van der Waals surface area contributed by atoms with Gasteiger partial charge in [-0.3, -0.25) is 9.59 Å². The van der Waals surface area contributed by atoms with E-state index in [4.69, 9.17) is 9.47 Å². The molecule has 0 saturated carbocycles. The Kier molecular flexibility index (Phi) is 6.14. The highest BCUT2D eigenvalue weighted by atomic mass is 19.4. The molecular weight excluding hydrogens is 365 g/mol. The average Bonchev–Trinajstić information content (AvgIpc) is 2.61. The van der Waals surface area contributed by atoms with E-state index in [1.54, 1.807) is 25.1 Å². The predicted molar refractivity (Wildman–Crippen MR) is 91.8 cm³/mol. The zero-order valence-corrected chi connectivity index (χ0v) is 15.0. The summed E-state index contributed by atoms with van der Waals surface area (Å²) in [4.78, 5) is 24.2. The lowest BCUT2D eigenvalue weighted by Crippen LogP contribution is -2.35. The number of pyridine rings is 1. The van der Waals surface area contributed by atoms with Crippen LogP contribution in [-0.4, -0.2) is 24.7 Å². The molecule has 0 spiro atoms. The zero-order chi connectivity index (χ0) is 20.2. The molecule has 1 aromatic carbocycles. The fourth-order valence-electron chi connectivity index (χ4n) is 2.57. The summed E-state index contributed by atoms with van der Waals surface area (Å²) >= 11 is 0. The number of nitrogens with one attached hydrogen (secondary N) is 1. The third-order valence-electron chi connectivity index (χ3n) is 3.92. The van der Waals surface area contributed by atoms with Crippen LogP contribution in [0.5, 0.6) is 11.5 Å². The highest BCUT2D eigenvalue weighted by molar-refractivity contribution is 5.76. The Morgan fingerprint density at radius 1 is 1.22 bits per heavy atom. The Hall–Kier alpha value is -2.97. The van der Waals surface area contributed by atoms with Crippen LogP contribution >= 0.6 is 0 Å². The van der Waals surface area contributed by atoms with Crippen LogP contribution in [0.1, 0.15) is 24.1 Å². The fourth-order valence-corrected chi connectivity index (χ4v) is 2.57. The molecule has 1 N–H and O–H groups in total. The smallest absolute Gasteiger partial charge is 0.421 e. The lowest BCUT2D eigenvalue weighted by Gasteiger charge is -2.19. The van der Waals surface area contributed by atoms with Gasteiger partial charge in [0.15, 0.2) is 0 Å². The van der Waals surface area contributed by atoms with E-state index in [-0.39, 0.29) is 0 Å². The Morgan fingerprint density at radius 2 is 1.93 bits per heavy atom. The molecule has 146 valence electrons. The number of rotatable bonds is 6. The van der Waals surface area contributed by atoms with E-state index in [1.165, 1.54) is 14.2 Å². The van der Waals surface area contributed by atoms with Gasteiger partial charge < -0.3 is 19.4 Å². The molecule has 1 unspecified atom stereocenters. The van der Waals surface area contributed by atoms with Crippen LogP contribution in [0.25, 0.3) is 0 Å². The molecule has 0 aliphatic heterocycles. The molecule has 2 aromatic rings. The van der Waals surface area contributed by atoms with E-state index in [1.807, 2.05) is 0 Å². The first-order valence-corrected chi connectivity index (χ1v) is 7.95. The summed E-state index contributed by atoms with van der Waals surface area (Å²) in [6.07, 6.45) is -3.65. The van der Waals surface area contributed by atoms with Crippen molar-refractivity contribution in [1.29, 1.82) is 0 Å². The van der Waals surface area contributed by atoms with Crippen molar-refractivity contribution in [3.63, 3.8) is 0 Å². The first kappa shape index (κ1) is 20.3. The van der Waals surface area contributed by atoms with Crippen LogP contribution in [0.15, 0.2) is 41.3 Å². The van der Waals surface area contributed by atoms with Gasteiger partial charge in [0.05, 0.1) is 20.3 Å². The van der Waals surface area contributed by atoms with Gasteiger partial charge in [0.25, 0.3) is 5.56 Å². The Morgan fingerprint density at radius 3 is 2.52 bits per heavy atom. The van der Waals surface area contributed by atoms with Crippen LogP contribution in [0.4, 0.5) is 13.2 Å². The number of carbonyl (C=O) groups is 1. The van der Waals surface area contributed by atoms with E-state index in [9.17, 15) is 22.8 Å². The largest absolute Gasteiger partial charge is 0.497 e. The van der Waals surface area contributed by atoms with E-state index in [2.05, 4.69) is 5.32 Å². The second-order valence-corrected chi connectivity index (χ2v) is 5.75. The molecule has 9 heteroatoms. The summed E-state index contributed by atoms with van der Waals surface area (Å²) in [6, 6.07) is 6.28. The number of alkyl halides is 3. The lowest BCUT2D eigenvalue weighted by atomic mass is 10.1. The second kappa shape index (κ2) is 8.15. The van der Waals surface area contributed by atoms with Gasteiger partial charge in [-0.05, 0) is 37.3 Å². The molecular formula is C18H19F3N2O4. The SMILES string of the molecule is COc1ccc(OC)c(C(C)NC(=O)Cn2cccc(C(F)(F)F)c2=O)c1. The highest BCUT2D eigenvalue weighted by Crippen LogP contribution is 2.29. The number of amides is 1. The number of hydrogen-bond donors (Lipinski definition) is 1. The minimum atomic E-state index is -4.78. The minimum absolute atomic E-state index is 0.514. The van der Waals surface area contributed by atoms with Crippen molar-refractivity contribution in [1.82, 2.24) is 9.88 Å². The molecule has 0 bridgehead atoms. The molecule has 1 heterocycles. The number of aromatic nitrogens is 1. The van der Waals surface area contributed by atoms with Crippen LogP contribution in [0.2, 0.25) is 0 Å². The molecule has 0 fully saturated rings. The van der Waals surface area contributed by atoms with Crippen LogP contribution in [0.3, 0.4) is 0 Å². The molecule has 1 atom stereocenters. The lowest BCUT2D eigenvalue weighted by molar-refractivity contribution is -0.139. The Labute approximate surface area is 153 Å². The number of hydrogen-bond acceptors (Lipinski definition) is 4. The van der Waals surface area contributed by atoms with E-state index in [0.29, 0.717) is 27.7 Å². The third kappa shape index (κ3) is 4.81. The Bertz CT molecular complexity index is 878. The number of benzene rings is 1. The number of halogens is 3. The van der Waals surface area contributed by atoms with Gasteiger partial charge in [-0.2, -0.15) is 13.2 Å². The van der Waals surface area contributed by atoms with Crippen molar-refractivity contribution in [3.05, 3.63) is 58.0 Å². The molecule has 27 heavy (non-hydrogen) atoms. The number of nitrogens with zero attached hydrogens (tertiary/aromatic N) is 1. The summed E-state index contributed by atoms with van der Waals surface area (Å²) in [6.45, 7) is 1.14. The molecule has 0 aliphatic rings. The van der Waals surface area contributed by atoms with Gasteiger partial charge >= 0.3 is 6.18 Å². The van der Waals surface area contributed by atoms with Gasteiger partial charge in [0.2, 0.25) is 5.91 Å². The van der Waals surface area contributed by atoms with E-state index in [0.717, 1.165) is 12.3 Å². The van der Waals surface area contributed by atoms with Crippen molar-refractivity contribution < 1.29 is 27.4 Å². The molecule has 0 aliphatic carbocycles. The van der Waals surface area contributed by atoms with Gasteiger partial charge in [-0.15, -0.1) is 0 Å². The normalized spacial score (nSPS) is 12.4. The van der Waals surface area contributed by atoms with Crippen LogP contribution in [0, 0.1) is 0 Å². The van der Waals surface area contributed by atoms with E-state index < -0.39 is 35.8 Å². The number of methoxy groups -OCH3 is 2. The number of ether oxygens (including phenoxy) is 2. The predicted octanol–water partition coefficient (Wildman–Crippen LogP) is 2.76. The van der Waals surface area contributed by atoms with Crippen molar-refractivity contribution in [2.24, 2.45) is 0 Å². The molecule has 0 radical (unpaired) electrons. The van der Waals surface area contributed by atoms with Crippen LogP contribution < -0.4 is 20.3 Å². The van der Waals surface area contributed by atoms with Gasteiger partial charge in [0.1, 0.15) is 23.6 Å². The van der Waals surface area contributed by atoms with Crippen molar-refractivity contribution in [3.8, 4) is 11.5 Å². The zero-order valence-electron chi connectivity index (χ0n) is 15.0. The third-order valence-corrected chi connectivity index (χ3v) is 3.92. The molecule has 1 aromatic heterocycles. The van der Waals surface area contributed by atoms with Crippen molar-refractivity contribution in [2.45, 2.75) is 25.7 Å². The van der Waals surface area contributed by atoms with Crippen molar-refractivity contribution >= 4 is 5.91 Å². The first-order valence-electron chi connectivity index (χ1n) is 7.95. The maximum atomic E-state index is 12.8. The maximum Gasteiger partial charge on any atom is 0.421 e. The minimum Gasteiger partial charge on any atom is -0.497 e. The van der Waals surface area contributed by atoms with E-state index >= 15 is 0 Å². The molecule has 2 rings (SSSR count). The number of carbonyl (C=O) groups excluding carboxylic acids is 1. The summed E-state index contributed by atoms with van der Waals surface area (Å²) < 4.78 is 49.6. The quantitative estimate of drug-likeness (QED) is 0.832. The first-order chi connectivity index (χ1) is 12.7. The standard InChI is InChI=1S/C18H19F3N2O4/c1-11(13-9-12(26-2)6-7-15(13)27-3)22-16(24)10-23-8-4-5-14(17(23)25)18(19,20)21/h4-9,11H,10H2,1-3H3,(H,22,24). The van der Waals surface area contributed by atoms with Crippen molar-refractivity contribution in [2.75, 3.05) is 14.2 Å². The summed E-state index contributed by atoms with van der Waals surface area (Å²) in [5, 5.41) is 2.64. The summed E-state index contributed by atoms with van der Waals surface area (Å²) in [5.74, 6) is 0.453. The molecule has 0 saturated heterocycles. The van der Waals surface area contributed by atoms with Crippen LogP contribution in [-0.2, 0) is 17.5 Å². The molecule has 6 nitrogen and oxygen atoms in total. The average molecular weight is 384 g/mol. The fraction of sp³-hybridized carbons (Fsp3) is 0.333. The highest BCUT2D eigenvalue weighted by Gasteiger charge is 2.34. The topological polar surface area (TPSA) is 69.6 Å². The summed E-state index contributed by atoms with van der Waals surface area (Å²) in [5.41, 5.74) is -1.96. The van der Waals surface area contributed by atoms with Gasteiger partial charge in [-0.25, -0.2) is 0 Å². The van der Waals surface area contributed by atoms with Gasteiger partial charge in [-0.1, -0.05) is 0 Å². The molecule has 1 amide bonds. The monoisotopic (exact) mass is 384 g/mol. The second-order valence-electron chi connectivity index (χ2n) is 5.75. The van der Waals surface area contributed by atoms with Gasteiger partial charge in [0, 0.05) is 11.8 Å². The summed E-state index contributed by atoms with van der Waals surface area (Å²) in [7, 11) is 2.97. The maximum absolute atomic E-state index is 12.8.